The number of carboxylic acids is 1. The molecule has 0 aliphatic carbocycles. The van der Waals surface area contributed by atoms with Crippen LogP contribution in [-0.2, 0) is 4.74 Å². The van der Waals surface area contributed by atoms with Crippen LogP contribution in [0, 0.1) is 13.8 Å². The summed E-state index contributed by atoms with van der Waals surface area (Å²) < 4.78 is 5.47. The highest BCUT2D eigenvalue weighted by atomic mass is 16.5. The first kappa shape index (κ1) is 16.4. The molecule has 1 heterocycles. The van der Waals surface area contributed by atoms with Crippen LogP contribution >= 0.6 is 0 Å². The van der Waals surface area contributed by atoms with Gasteiger partial charge in [-0.3, -0.25) is 4.98 Å². The Kier molecular flexibility index (Phi) is 7.01. The van der Waals surface area contributed by atoms with E-state index in [9.17, 15) is 9.90 Å². The predicted octanol–water partition coefficient (Wildman–Crippen LogP) is 3.02. The lowest BCUT2D eigenvalue weighted by Crippen LogP contribution is -2.12. The molecule has 0 fully saturated rings. The number of unbranched alkanes of at least 4 members (excludes halogenated alkanes) is 1. The van der Waals surface area contributed by atoms with E-state index in [2.05, 4.69) is 17.2 Å². The Morgan fingerprint density at radius 3 is 2.70 bits per heavy atom. The van der Waals surface area contributed by atoms with Gasteiger partial charge in [-0.15, -0.1) is 0 Å². The fraction of sp³-hybridized carbons (Fsp3) is 0.600. The highest BCUT2D eigenvalue weighted by molar-refractivity contribution is 5.95. The van der Waals surface area contributed by atoms with Crippen molar-refractivity contribution < 1.29 is 14.6 Å². The van der Waals surface area contributed by atoms with Crippen LogP contribution < -0.4 is 5.32 Å². The van der Waals surface area contributed by atoms with Gasteiger partial charge in [0, 0.05) is 25.5 Å². The predicted molar refractivity (Wildman–Crippen MR) is 79.5 cm³/mol. The Bertz CT molecular complexity index is 447. The van der Waals surface area contributed by atoms with E-state index < -0.39 is 5.97 Å². The Balaban J connectivity index is 2.49. The van der Waals surface area contributed by atoms with Gasteiger partial charge >= 0.3 is 5.97 Å². The number of hydrogen-bond acceptors (Lipinski definition) is 4. The Morgan fingerprint density at radius 2 is 2.05 bits per heavy atom. The molecular weight excluding hydrogens is 256 g/mol. The number of nitrogens with one attached hydrogen (secondary N) is 1. The van der Waals surface area contributed by atoms with Crippen LogP contribution in [0.1, 0.15) is 47.9 Å². The maximum Gasteiger partial charge on any atom is 0.339 e. The van der Waals surface area contributed by atoms with Crippen molar-refractivity contribution in [3.05, 3.63) is 23.0 Å². The summed E-state index contributed by atoms with van der Waals surface area (Å²) >= 11 is 0. The summed E-state index contributed by atoms with van der Waals surface area (Å²) in [5.41, 5.74) is 2.24. The minimum absolute atomic E-state index is 0.252. The van der Waals surface area contributed by atoms with Gasteiger partial charge in [-0.2, -0.15) is 0 Å². The molecule has 1 aromatic rings. The monoisotopic (exact) mass is 280 g/mol. The third-order valence-electron chi connectivity index (χ3n) is 2.97. The maximum atomic E-state index is 11.3. The first-order chi connectivity index (χ1) is 9.56. The summed E-state index contributed by atoms with van der Waals surface area (Å²) in [6.45, 7) is 7.89. The summed E-state index contributed by atoms with van der Waals surface area (Å²) in [6, 6.07) is 1.77. The van der Waals surface area contributed by atoms with Crippen LogP contribution in [0.2, 0.25) is 0 Å². The highest BCUT2D eigenvalue weighted by Gasteiger charge is 2.14. The number of carboxylic acid groups (broad SMARTS) is 1. The highest BCUT2D eigenvalue weighted by Crippen LogP contribution is 2.19. The summed E-state index contributed by atoms with van der Waals surface area (Å²) in [7, 11) is 0. The van der Waals surface area contributed by atoms with Crippen molar-refractivity contribution in [2.75, 3.05) is 25.1 Å². The minimum atomic E-state index is -0.948. The van der Waals surface area contributed by atoms with E-state index in [1.807, 2.05) is 6.92 Å². The Labute approximate surface area is 120 Å². The molecule has 1 rings (SSSR count). The molecule has 0 radical (unpaired) electrons. The van der Waals surface area contributed by atoms with Gasteiger partial charge in [-0.25, -0.2) is 4.79 Å². The van der Waals surface area contributed by atoms with Gasteiger partial charge < -0.3 is 15.2 Å². The van der Waals surface area contributed by atoms with Crippen molar-refractivity contribution in [1.29, 1.82) is 0 Å². The van der Waals surface area contributed by atoms with E-state index in [4.69, 9.17) is 4.74 Å². The standard InChI is InChI=1S/C15H24N2O3/c1-4-5-8-20-9-6-7-16-13-10-11(2)17-12(3)14(13)15(18)19/h10H,4-9H2,1-3H3,(H,16,17)(H,18,19). The van der Waals surface area contributed by atoms with Gasteiger partial charge in [0.15, 0.2) is 0 Å². The molecule has 0 unspecified atom stereocenters. The van der Waals surface area contributed by atoms with E-state index in [-0.39, 0.29) is 5.56 Å². The molecule has 0 saturated heterocycles. The van der Waals surface area contributed by atoms with Crippen LogP contribution in [0.25, 0.3) is 0 Å². The molecule has 2 N–H and O–H groups in total. The molecule has 0 bridgehead atoms. The fourth-order valence-electron chi connectivity index (χ4n) is 1.98. The number of aryl methyl sites for hydroxylation is 2. The van der Waals surface area contributed by atoms with E-state index in [1.54, 1.807) is 13.0 Å². The third-order valence-corrected chi connectivity index (χ3v) is 2.97. The normalized spacial score (nSPS) is 10.6. The number of aromatic nitrogens is 1. The van der Waals surface area contributed by atoms with E-state index in [0.717, 1.165) is 31.6 Å². The van der Waals surface area contributed by atoms with Gasteiger partial charge in [0.05, 0.1) is 11.4 Å². The molecule has 0 aliphatic rings. The summed E-state index contributed by atoms with van der Waals surface area (Å²) in [5, 5.41) is 12.4. The van der Waals surface area contributed by atoms with E-state index >= 15 is 0 Å². The topological polar surface area (TPSA) is 71.5 Å². The molecule has 5 heteroatoms. The van der Waals surface area contributed by atoms with Crippen molar-refractivity contribution in [2.24, 2.45) is 0 Å². The second-order valence-electron chi connectivity index (χ2n) is 4.82. The molecule has 112 valence electrons. The van der Waals surface area contributed by atoms with E-state index in [0.29, 0.717) is 24.5 Å². The van der Waals surface area contributed by atoms with Crippen molar-refractivity contribution in [3.63, 3.8) is 0 Å². The lowest BCUT2D eigenvalue weighted by Gasteiger charge is -2.12. The number of hydrogen-bond donors (Lipinski definition) is 2. The molecule has 5 nitrogen and oxygen atoms in total. The average Bonchev–Trinajstić information content (AvgIpc) is 2.36. The van der Waals surface area contributed by atoms with Crippen molar-refractivity contribution in [3.8, 4) is 0 Å². The van der Waals surface area contributed by atoms with Gasteiger partial charge in [0.1, 0.15) is 5.56 Å². The SMILES string of the molecule is CCCCOCCCNc1cc(C)nc(C)c1C(=O)O. The van der Waals surface area contributed by atoms with Crippen LogP contribution in [0.4, 0.5) is 5.69 Å². The van der Waals surface area contributed by atoms with Crippen molar-refractivity contribution >= 4 is 11.7 Å². The second-order valence-corrected chi connectivity index (χ2v) is 4.82. The number of carbonyl (C=O) groups is 1. The summed E-state index contributed by atoms with van der Waals surface area (Å²) in [5.74, 6) is -0.948. The molecular formula is C15H24N2O3. The van der Waals surface area contributed by atoms with Crippen LogP contribution in [0.5, 0.6) is 0 Å². The fourth-order valence-corrected chi connectivity index (χ4v) is 1.98. The minimum Gasteiger partial charge on any atom is -0.478 e. The zero-order valence-corrected chi connectivity index (χ0v) is 12.5. The molecule has 20 heavy (non-hydrogen) atoms. The molecule has 0 aliphatic heterocycles. The Hall–Kier alpha value is -1.62. The first-order valence-corrected chi connectivity index (χ1v) is 7.09. The number of aromatic carboxylic acids is 1. The van der Waals surface area contributed by atoms with Gasteiger partial charge in [0.25, 0.3) is 0 Å². The zero-order valence-electron chi connectivity index (χ0n) is 12.5. The largest absolute Gasteiger partial charge is 0.478 e. The van der Waals surface area contributed by atoms with Gasteiger partial charge in [0.2, 0.25) is 0 Å². The van der Waals surface area contributed by atoms with E-state index in [1.165, 1.54) is 0 Å². The van der Waals surface area contributed by atoms with Crippen molar-refractivity contribution in [2.45, 2.75) is 40.0 Å². The molecule has 0 aromatic carbocycles. The molecule has 1 aromatic heterocycles. The quantitative estimate of drug-likeness (QED) is 0.680. The molecule has 0 atom stereocenters. The number of anilines is 1. The smallest absolute Gasteiger partial charge is 0.339 e. The van der Waals surface area contributed by atoms with Crippen molar-refractivity contribution in [1.82, 2.24) is 4.98 Å². The van der Waals surface area contributed by atoms with Crippen LogP contribution in [0.15, 0.2) is 6.07 Å². The maximum absolute atomic E-state index is 11.3. The Morgan fingerprint density at radius 1 is 1.35 bits per heavy atom. The zero-order chi connectivity index (χ0) is 15.0. The van der Waals surface area contributed by atoms with Gasteiger partial charge in [-0.1, -0.05) is 13.3 Å². The summed E-state index contributed by atoms with van der Waals surface area (Å²) in [4.78, 5) is 15.4. The lowest BCUT2D eigenvalue weighted by atomic mass is 10.1. The number of pyridine rings is 1. The van der Waals surface area contributed by atoms with Crippen LogP contribution in [-0.4, -0.2) is 35.8 Å². The summed E-state index contributed by atoms with van der Waals surface area (Å²) in [6.07, 6.45) is 3.07. The lowest BCUT2D eigenvalue weighted by molar-refractivity contribution is 0.0696. The van der Waals surface area contributed by atoms with Gasteiger partial charge in [-0.05, 0) is 32.8 Å². The molecule has 0 saturated carbocycles. The van der Waals surface area contributed by atoms with Crippen LogP contribution in [0.3, 0.4) is 0 Å². The third kappa shape index (κ3) is 5.17. The number of nitrogens with zero attached hydrogens (tertiary/aromatic N) is 1. The first-order valence-electron chi connectivity index (χ1n) is 7.09. The molecule has 0 amide bonds. The molecule has 0 spiro atoms. The second kappa shape index (κ2) is 8.53. The average molecular weight is 280 g/mol. The number of rotatable bonds is 9. The number of ether oxygens (including phenoxy) is 1.